The first-order chi connectivity index (χ1) is 6.63. The van der Waals surface area contributed by atoms with E-state index in [0.717, 1.165) is 0 Å². The Morgan fingerprint density at radius 3 is 2.93 bits per heavy atom. The van der Waals surface area contributed by atoms with Crippen molar-refractivity contribution >= 4 is 23.2 Å². The maximum atomic E-state index is 11.1. The molecule has 0 saturated heterocycles. The summed E-state index contributed by atoms with van der Waals surface area (Å²) in [7, 11) is 0. The average molecular weight is 212 g/mol. The number of nitrogens with one attached hydrogen (secondary N) is 1. The average Bonchev–Trinajstić information content (AvgIpc) is 2.12. The molecule has 0 aliphatic carbocycles. The van der Waals surface area contributed by atoms with Gasteiger partial charge in [-0.2, -0.15) is 0 Å². The van der Waals surface area contributed by atoms with Crippen LogP contribution in [0.25, 0.3) is 0 Å². The molecule has 1 aromatic rings. The highest BCUT2D eigenvalue weighted by atomic mass is 35.5. The number of hydrogen-bond donors (Lipinski definition) is 2. The fourth-order valence-electron chi connectivity index (χ4n) is 0.935. The second-order valence-corrected chi connectivity index (χ2v) is 3.06. The smallest absolute Gasteiger partial charge is 0.248 e. The quantitative estimate of drug-likeness (QED) is 0.739. The summed E-state index contributed by atoms with van der Waals surface area (Å²) in [6, 6.07) is 4.36. The number of amides is 1. The van der Waals surface area contributed by atoms with Gasteiger partial charge in [0.1, 0.15) is 5.75 Å². The zero-order valence-corrected chi connectivity index (χ0v) is 8.38. The Hall–Kier alpha value is -1.48. The summed E-state index contributed by atoms with van der Waals surface area (Å²) < 4.78 is 0. The number of phenolic OH excluding ortho intramolecular Hbond substituents is 1. The summed E-state index contributed by atoms with van der Waals surface area (Å²) in [5, 5.41) is 12.1. The number of hydrogen-bond acceptors (Lipinski definition) is 2. The van der Waals surface area contributed by atoms with Crippen LogP contribution in [0.2, 0.25) is 5.02 Å². The third kappa shape index (κ3) is 2.78. The van der Waals surface area contributed by atoms with Crippen LogP contribution in [0, 0.1) is 0 Å². The monoisotopic (exact) mass is 211 g/mol. The lowest BCUT2D eigenvalue weighted by molar-refractivity contribution is -0.111. The van der Waals surface area contributed by atoms with Crippen LogP contribution < -0.4 is 5.32 Å². The Kier molecular flexibility index (Phi) is 3.54. The van der Waals surface area contributed by atoms with Crippen LogP contribution in [-0.4, -0.2) is 11.0 Å². The molecule has 0 spiro atoms. The first-order valence-electron chi connectivity index (χ1n) is 4.05. The predicted molar refractivity (Wildman–Crippen MR) is 56.6 cm³/mol. The Balaban J connectivity index is 2.85. The fraction of sp³-hybridized carbons (Fsp3) is 0.100. The first-order valence-corrected chi connectivity index (χ1v) is 4.43. The fourth-order valence-corrected chi connectivity index (χ4v) is 1.10. The van der Waals surface area contributed by atoms with Crippen molar-refractivity contribution in [2.45, 2.75) is 6.92 Å². The van der Waals surface area contributed by atoms with Crippen LogP contribution in [0.15, 0.2) is 30.4 Å². The minimum atomic E-state index is -0.278. The van der Waals surface area contributed by atoms with E-state index in [1.807, 2.05) is 0 Å². The number of aromatic hydroxyl groups is 1. The Bertz CT molecular complexity index is 374. The van der Waals surface area contributed by atoms with Crippen LogP contribution in [-0.2, 0) is 4.79 Å². The third-order valence-electron chi connectivity index (χ3n) is 1.53. The topological polar surface area (TPSA) is 49.3 Å². The van der Waals surface area contributed by atoms with Crippen molar-refractivity contribution in [3.05, 3.63) is 35.4 Å². The zero-order chi connectivity index (χ0) is 10.6. The van der Waals surface area contributed by atoms with Gasteiger partial charge in [0.15, 0.2) is 0 Å². The predicted octanol–water partition coefficient (Wildman–Crippen LogP) is 2.56. The summed E-state index contributed by atoms with van der Waals surface area (Å²) in [4.78, 5) is 11.1. The summed E-state index contributed by atoms with van der Waals surface area (Å²) in [6.45, 7) is 1.74. The molecule has 0 aliphatic rings. The van der Waals surface area contributed by atoms with Crippen molar-refractivity contribution in [2.24, 2.45) is 0 Å². The molecule has 3 nitrogen and oxygen atoms in total. The van der Waals surface area contributed by atoms with E-state index >= 15 is 0 Å². The van der Waals surface area contributed by atoms with Crippen LogP contribution in [0.5, 0.6) is 5.75 Å². The summed E-state index contributed by atoms with van der Waals surface area (Å²) in [5.74, 6) is -0.217. The standard InChI is InChI=1S/C10H10ClNO2/c1-2-3-10(14)12-9-6-7(13)4-5-8(9)11/h2-6,13H,1H3,(H,12,14)/b3-2+. The van der Waals surface area contributed by atoms with E-state index in [9.17, 15) is 4.79 Å². The molecule has 74 valence electrons. The number of benzene rings is 1. The summed E-state index contributed by atoms with van der Waals surface area (Å²) >= 11 is 5.79. The minimum absolute atomic E-state index is 0.0604. The van der Waals surface area contributed by atoms with E-state index in [2.05, 4.69) is 5.32 Å². The van der Waals surface area contributed by atoms with Gasteiger partial charge in [0.05, 0.1) is 10.7 Å². The highest BCUT2D eigenvalue weighted by Gasteiger charge is 2.03. The molecule has 1 amide bonds. The minimum Gasteiger partial charge on any atom is -0.508 e. The van der Waals surface area contributed by atoms with Crippen molar-refractivity contribution in [1.29, 1.82) is 0 Å². The number of anilines is 1. The maximum absolute atomic E-state index is 11.1. The van der Waals surface area contributed by atoms with Crippen molar-refractivity contribution < 1.29 is 9.90 Å². The zero-order valence-electron chi connectivity index (χ0n) is 7.62. The third-order valence-corrected chi connectivity index (χ3v) is 1.86. The van der Waals surface area contributed by atoms with Gasteiger partial charge in [-0.1, -0.05) is 17.7 Å². The summed E-state index contributed by atoms with van der Waals surface area (Å²) in [5.41, 5.74) is 0.398. The second kappa shape index (κ2) is 4.67. The van der Waals surface area contributed by atoms with Gasteiger partial charge in [0.25, 0.3) is 0 Å². The molecule has 1 aromatic carbocycles. The number of rotatable bonds is 2. The molecule has 0 aliphatic heterocycles. The Morgan fingerprint density at radius 2 is 2.29 bits per heavy atom. The summed E-state index contributed by atoms with van der Waals surface area (Å²) in [6.07, 6.45) is 2.99. The normalized spacial score (nSPS) is 10.4. The van der Waals surface area contributed by atoms with Crippen molar-refractivity contribution in [1.82, 2.24) is 0 Å². The molecule has 0 unspecified atom stereocenters. The molecular formula is C10H10ClNO2. The van der Waals surface area contributed by atoms with Gasteiger partial charge in [-0.05, 0) is 25.1 Å². The lowest BCUT2D eigenvalue weighted by Crippen LogP contribution is -2.07. The molecule has 0 aromatic heterocycles. The van der Waals surface area contributed by atoms with E-state index in [0.29, 0.717) is 10.7 Å². The van der Waals surface area contributed by atoms with Crippen LogP contribution in [0.3, 0.4) is 0 Å². The molecule has 2 N–H and O–H groups in total. The number of carbonyl (C=O) groups is 1. The molecular weight excluding hydrogens is 202 g/mol. The van der Waals surface area contributed by atoms with E-state index in [-0.39, 0.29) is 11.7 Å². The second-order valence-electron chi connectivity index (χ2n) is 2.65. The van der Waals surface area contributed by atoms with Crippen LogP contribution in [0.4, 0.5) is 5.69 Å². The van der Waals surface area contributed by atoms with Crippen molar-refractivity contribution in [3.63, 3.8) is 0 Å². The van der Waals surface area contributed by atoms with Gasteiger partial charge in [0, 0.05) is 6.07 Å². The highest BCUT2D eigenvalue weighted by molar-refractivity contribution is 6.33. The van der Waals surface area contributed by atoms with E-state index < -0.39 is 0 Å². The van der Waals surface area contributed by atoms with E-state index in [1.54, 1.807) is 13.0 Å². The molecule has 0 fully saturated rings. The lowest BCUT2D eigenvalue weighted by atomic mass is 10.3. The van der Waals surface area contributed by atoms with Gasteiger partial charge >= 0.3 is 0 Å². The van der Waals surface area contributed by atoms with Crippen LogP contribution in [0.1, 0.15) is 6.92 Å². The number of halogens is 1. The number of phenols is 1. The molecule has 0 heterocycles. The molecule has 1 rings (SSSR count). The highest BCUT2D eigenvalue weighted by Crippen LogP contribution is 2.25. The molecule has 14 heavy (non-hydrogen) atoms. The van der Waals surface area contributed by atoms with Gasteiger partial charge in [-0.25, -0.2) is 0 Å². The largest absolute Gasteiger partial charge is 0.508 e. The lowest BCUT2D eigenvalue weighted by Gasteiger charge is -2.04. The molecule has 4 heteroatoms. The first kappa shape index (κ1) is 10.6. The molecule has 0 saturated carbocycles. The van der Waals surface area contributed by atoms with Crippen molar-refractivity contribution in [3.8, 4) is 5.75 Å². The number of carbonyl (C=O) groups excluding carboxylic acids is 1. The van der Waals surface area contributed by atoms with Gasteiger partial charge in [-0.3, -0.25) is 4.79 Å². The number of allylic oxidation sites excluding steroid dienone is 1. The SMILES string of the molecule is C/C=C/C(=O)Nc1cc(O)ccc1Cl. The van der Waals surface area contributed by atoms with Gasteiger partial charge in [-0.15, -0.1) is 0 Å². The Labute approximate surface area is 87.0 Å². The van der Waals surface area contributed by atoms with Crippen LogP contribution >= 0.6 is 11.6 Å². The Morgan fingerprint density at radius 1 is 1.57 bits per heavy atom. The van der Waals surface area contributed by atoms with Gasteiger partial charge in [0.2, 0.25) is 5.91 Å². The van der Waals surface area contributed by atoms with E-state index in [1.165, 1.54) is 24.3 Å². The van der Waals surface area contributed by atoms with E-state index in [4.69, 9.17) is 16.7 Å². The van der Waals surface area contributed by atoms with Gasteiger partial charge < -0.3 is 10.4 Å². The molecule has 0 bridgehead atoms. The maximum Gasteiger partial charge on any atom is 0.248 e. The van der Waals surface area contributed by atoms with Crippen molar-refractivity contribution in [2.75, 3.05) is 5.32 Å². The molecule has 0 radical (unpaired) electrons. The molecule has 0 atom stereocenters.